The Hall–Kier alpha value is -1.01. The minimum Gasteiger partial charge on any atom is -0.469 e. The van der Waals surface area contributed by atoms with E-state index < -0.39 is 19.8 Å². The average molecular weight is 439 g/mol. The molecule has 0 heterocycles. The predicted molar refractivity (Wildman–Crippen MR) is 121 cm³/mol. The molecule has 0 aromatic rings. The number of methoxy groups -OCH3 is 1. The van der Waals surface area contributed by atoms with E-state index in [4.69, 9.17) is 9.16 Å². The van der Waals surface area contributed by atoms with Crippen LogP contribution in [0.3, 0.4) is 0 Å². The molecule has 0 spiro atoms. The van der Waals surface area contributed by atoms with E-state index >= 15 is 0 Å². The second kappa shape index (κ2) is 8.49. The summed E-state index contributed by atoms with van der Waals surface area (Å²) in [5, 5.41) is -0.0128. The van der Waals surface area contributed by atoms with Gasteiger partial charge in [-0.05, 0) is 69.0 Å². The van der Waals surface area contributed by atoms with E-state index in [-0.39, 0.29) is 39.8 Å². The summed E-state index contributed by atoms with van der Waals surface area (Å²) < 4.78 is 11.9. The topological polar surface area (TPSA) is 69.7 Å². The first kappa shape index (κ1) is 25.2. The van der Waals surface area contributed by atoms with Crippen LogP contribution in [0, 0.1) is 22.7 Å². The van der Waals surface area contributed by atoms with E-state index in [0.717, 1.165) is 19.3 Å². The summed E-state index contributed by atoms with van der Waals surface area (Å²) in [5.74, 6) is -0.227. The summed E-state index contributed by atoms with van der Waals surface area (Å²) in [6, 6.07) is 0. The molecule has 0 unspecified atom stereocenters. The van der Waals surface area contributed by atoms with Crippen LogP contribution in [0.1, 0.15) is 80.1 Å². The van der Waals surface area contributed by atoms with Gasteiger partial charge in [-0.15, -0.1) is 0 Å². The Morgan fingerprint density at radius 1 is 1.17 bits per heavy atom. The maximum atomic E-state index is 13.7. The van der Waals surface area contributed by atoms with Gasteiger partial charge in [0.2, 0.25) is 0 Å². The zero-order valence-corrected chi connectivity index (χ0v) is 21.5. The fourth-order valence-electron chi connectivity index (χ4n) is 5.67. The highest BCUT2D eigenvalue weighted by Crippen LogP contribution is 2.61. The van der Waals surface area contributed by atoms with Crippen LogP contribution in [0.15, 0.2) is 0 Å². The highest BCUT2D eigenvalue weighted by atomic mass is 28.4. The van der Waals surface area contributed by atoms with E-state index in [2.05, 4.69) is 40.8 Å². The van der Waals surface area contributed by atoms with Crippen LogP contribution in [0.25, 0.3) is 0 Å². The van der Waals surface area contributed by atoms with E-state index in [9.17, 15) is 14.4 Å². The van der Waals surface area contributed by atoms with Crippen molar-refractivity contribution in [2.24, 2.45) is 22.7 Å². The van der Waals surface area contributed by atoms with E-state index in [1.165, 1.54) is 7.11 Å². The van der Waals surface area contributed by atoms with Gasteiger partial charge >= 0.3 is 5.97 Å². The van der Waals surface area contributed by atoms with Gasteiger partial charge in [-0.2, -0.15) is 0 Å². The summed E-state index contributed by atoms with van der Waals surface area (Å²) >= 11 is 0. The lowest BCUT2D eigenvalue weighted by atomic mass is 9.46. The van der Waals surface area contributed by atoms with Crippen LogP contribution >= 0.6 is 0 Å². The third kappa shape index (κ3) is 4.45. The number of carbonyl (C=O) groups excluding carboxylic acids is 3. The molecule has 30 heavy (non-hydrogen) atoms. The average Bonchev–Trinajstić information content (AvgIpc) is 2.61. The molecule has 6 heteroatoms. The molecule has 0 saturated heterocycles. The molecule has 2 saturated carbocycles. The molecule has 5 nitrogen and oxygen atoms in total. The lowest BCUT2D eigenvalue weighted by molar-refractivity contribution is -0.179. The number of ketones is 2. The van der Waals surface area contributed by atoms with Gasteiger partial charge in [-0.3, -0.25) is 9.59 Å². The summed E-state index contributed by atoms with van der Waals surface area (Å²) in [5.41, 5.74) is -0.951. The van der Waals surface area contributed by atoms with Gasteiger partial charge in [0, 0.05) is 12.3 Å². The minimum atomic E-state index is -2.18. The third-order valence-electron chi connectivity index (χ3n) is 8.56. The van der Waals surface area contributed by atoms with Crippen LogP contribution in [0.5, 0.6) is 0 Å². The number of esters is 1. The van der Waals surface area contributed by atoms with Crippen molar-refractivity contribution in [3.05, 3.63) is 0 Å². The second-order valence-electron chi connectivity index (χ2n) is 11.6. The number of hydrogen-bond acceptors (Lipinski definition) is 5. The standard InChI is InChI=1S/C24H42O5Si/c1-16(25)11-12-17-20(26)18(29-30(8,9)22(2,3)4)15-19-23(17,5)13-10-14-24(19,6)21(27)28-7/h17-19H,10-15H2,1-9H3/t17-,18+,19+,23+,24-/m0/s1. The fraction of sp³-hybridized carbons (Fsp3) is 0.875. The SMILES string of the molecule is COC(=O)[C@@]1(C)CCC[C@@]2(C)[C@H]1C[C@@H](O[Si](C)(C)C(C)(C)C)C(=O)[C@@H]2CCC(C)=O. The highest BCUT2D eigenvalue weighted by molar-refractivity contribution is 6.74. The van der Waals surface area contributed by atoms with Gasteiger partial charge in [0.1, 0.15) is 11.9 Å². The number of rotatable bonds is 6. The Kier molecular flexibility index (Phi) is 7.15. The molecule has 5 atom stereocenters. The third-order valence-corrected chi connectivity index (χ3v) is 13.0. The monoisotopic (exact) mass is 438 g/mol. The van der Waals surface area contributed by atoms with Crippen molar-refractivity contribution in [2.75, 3.05) is 7.11 Å². The van der Waals surface area contributed by atoms with E-state index in [0.29, 0.717) is 19.3 Å². The molecule has 2 rings (SSSR count). The molecule has 2 fully saturated rings. The van der Waals surface area contributed by atoms with Crippen molar-refractivity contribution >= 4 is 25.9 Å². The molecule has 0 amide bonds. The fourth-order valence-corrected chi connectivity index (χ4v) is 6.95. The normalized spacial score (nSPS) is 35.0. The molecule has 172 valence electrons. The smallest absolute Gasteiger partial charge is 0.311 e. The first-order valence-electron chi connectivity index (χ1n) is 11.4. The van der Waals surface area contributed by atoms with Crippen molar-refractivity contribution in [2.45, 2.75) is 104 Å². The van der Waals surface area contributed by atoms with Gasteiger partial charge in [-0.25, -0.2) is 0 Å². The number of Topliss-reactive ketones (excluding diaryl/α,β-unsaturated/α-hetero) is 2. The van der Waals surface area contributed by atoms with Crippen LogP contribution < -0.4 is 0 Å². The molecule has 0 bridgehead atoms. The molecular formula is C24H42O5Si. The van der Waals surface area contributed by atoms with Gasteiger partial charge < -0.3 is 14.0 Å². The highest BCUT2D eigenvalue weighted by Gasteiger charge is 2.62. The van der Waals surface area contributed by atoms with Crippen molar-refractivity contribution < 1.29 is 23.5 Å². The number of ether oxygens (including phenoxy) is 1. The largest absolute Gasteiger partial charge is 0.469 e. The molecular weight excluding hydrogens is 396 g/mol. The summed E-state index contributed by atoms with van der Waals surface area (Å²) in [4.78, 5) is 38.4. The number of carbonyl (C=O) groups is 3. The maximum absolute atomic E-state index is 13.7. The van der Waals surface area contributed by atoms with Crippen molar-refractivity contribution in [3.63, 3.8) is 0 Å². The Bertz CT molecular complexity index is 694. The lowest BCUT2D eigenvalue weighted by Crippen LogP contribution is -2.61. The molecule has 0 aliphatic heterocycles. The maximum Gasteiger partial charge on any atom is 0.311 e. The first-order chi connectivity index (χ1) is 13.6. The Balaban J connectivity index is 2.50. The van der Waals surface area contributed by atoms with E-state index in [1.807, 2.05) is 6.92 Å². The predicted octanol–water partition coefficient (Wildman–Crippen LogP) is 5.32. The van der Waals surface area contributed by atoms with Gasteiger partial charge in [0.05, 0.1) is 12.5 Å². The molecule has 0 aromatic heterocycles. The number of fused-ring (bicyclic) bond motifs is 1. The first-order valence-corrected chi connectivity index (χ1v) is 14.3. The Morgan fingerprint density at radius 3 is 2.27 bits per heavy atom. The van der Waals surface area contributed by atoms with E-state index in [1.54, 1.807) is 6.92 Å². The van der Waals surface area contributed by atoms with Crippen molar-refractivity contribution in [1.29, 1.82) is 0 Å². The molecule has 0 radical (unpaired) electrons. The Morgan fingerprint density at radius 2 is 1.77 bits per heavy atom. The zero-order valence-electron chi connectivity index (χ0n) is 20.5. The summed E-state index contributed by atoms with van der Waals surface area (Å²) in [6.45, 7) is 16.6. The molecule has 2 aliphatic rings. The van der Waals surface area contributed by atoms with Crippen LogP contribution in [-0.4, -0.2) is 39.1 Å². The molecule has 2 aliphatic carbocycles. The van der Waals surface area contributed by atoms with Crippen LogP contribution in [0.2, 0.25) is 18.1 Å². The van der Waals surface area contributed by atoms with Gasteiger partial charge in [-0.1, -0.05) is 34.1 Å². The Labute approximate surface area is 183 Å². The van der Waals surface area contributed by atoms with Crippen LogP contribution in [0.4, 0.5) is 0 Å². The lowest BCUT2D eigenvalue weighted by Gasteiger charge is -2.58. The molecule has 0 N–H and O–H groups in total. The van der Waals surface area contributed by atoms with Gasteiger partial charge in [0.25, 0.3) is 0 Å². The number of hydrogen-bond donors (Lipinski definition) is 0. The summed E-state index contributed by atoms with van der Waals surface area (Å²) in [6.07, 6.45) is 3.52. The summed E-state index contributed by atoms with van der Waals surface area (Å²) in [7, 11) is -0.726. The van der Waals surface area contributed by atoms with Crippen molar-refractivity contribution in [3.8, 4) is 0 Å². The van der Waals surface area contributed by atoms with Gasteiger partial charge in [0.15, 0.2) is 14.1 Å². The second-order valence-corrected chi connectivity index (χ2v) is 16.4. The quantitative estimate of drug-likeness (QED) is 0.414. The minimum absolute atomic E-state index is 0.00405. The van der Waals surface area contributed by atoms with Crippen LogP contribution in [-0.2, 0) is 23.5 Å². The zero-order chi connectivity index (χ0) is 23.1. The van der Waals surface area contributed by atoms with Crippen molar-refractivity contribution in [1.82, 2.24) is 0 Å². The molecule has 0 aromatic carbocycles.